The van der Waals surface area contributed by atoms with E-state index in [1.54, 1.807) is 24.3 Å². The van der Waals surface area contributed by atoms with Crippen LogP contribution in [0.1, 0.15) is 33.1 Å². The molecule has 0 bridgehead atoms. The number of carbonyl (C=O) groups is 1. The van der Waals surface area contributed by atoms with Crippen molar-refractivity contribution in [2.75, 3.05) is 13.1 Å². The van der Waals surface area contributed by atoms with Gasteiger partial charge in [-0.2, -0.15) is 0 Å². The first kappa shape index (κ1) is 15.2. The average molecular weight is 296 g/mol. The zero-order chi connectivity index (χ0) is 14.5. The Balaban J connectivity index is 1.92. The fraction of sp³-hybridized carbons (Fsp3) is 0.562. The number of carbonyl (C=O) groups excluding carboxylic acids is 1. The summed E-state index contributed by atoms with van der Waals surface area (Å²) in [5.41, 5.74) is 0. The van der Waals surface area contributed by atoms with Crippen molar-refractivity contribution in [1.29, 1.82) is 0 Å². The van der Waals surface area contributed by atoms with Gasteiger partial charge in [0.2, 0.25) is 0 Å². The van der Waals surface area contributed by atoms with E-state index in [9.17, 15) is 4.79 Å². The minimum Gasteiger partial charge on any atom is -0.481 e. The Morgan fingerprint density at radius 1 is 1.30 bits per heavy atom. The minimum absolute atomic E-state index is 0.0778. The second kappa shape index (κ2) is 6.98. The lowest BCUT2D eigenvalue weighted by molar-refractivity contribution is -0.137. The molecule has 1 fully saturated rings. The van der Waals surface area contributed by atoms with Crippen LogP contribution >= 0.6 is 11.6 Å². The molecule has 1 aliphatic rings. The highest BCUT2D eigenvalue weighted by Gasteiger charge is 2.24. The molecule has 110 valence electrons. The van der Waals surface area contributed by atoms with Crippen LogP contribution in [0.5, 0.6) is 5.75 Å². The van der Waals surface area contributed by atoms with Gasteiger partial charge in [-0.25, -0.2) is 0 Å². The Labute approximate surface area is 125 Å². The van der Waals surface area contributed by atoms with Crippen LogP contribution in [0.15, 0.2) is 24.3 Å². The van der Waals surface area contributed by atoms with Gasteiger partial charge in [-0.3, -0.25) is 4.79 Å². The molecule has 0 spiro atoms. The van der Waals surface area contributed by atoms with Gasteiger partial charge in [-0.05, 0) is 56.4 Å². The van der Waals surface area contributed by atoms with E-state index >= 15 is 0 Å². The Hall–Kier alpha value is -1.22. The molecule has 1 aromatic carbocycles. The molecule has 2 rings (SSSR count). The lowest BCUT2D eigenvalue weighted by atomic mass is 10.0. The van der Waals surface area contributed by atoms with Crippen LogP contribution in [-0.2, 0) is 4.79 Å². The van der Waals surface area contributed by atoms with Crippen molar-refractivity contribution in [1.82, 2.24) is 4.90 Å². The monoisotopic (exact) mass is 295 g/mol. The molecule has 1 aliphatic heterocycles. The van der Waals surface area contributed by atoms with Crippen molar-refractivity contribution in [2.24, 2.45) is 5.92 Å². The first-order valence-electron chi connectivity index (χ1n) is 7.27. The molecule has 0 N–H and O–H groups in total. The van der Waals surface area contributed by atoms with Crippen molar-refractivity contribution < 1.29 is 9.53 Å². The van der Waals surface area contributed by atoms with Gasteiger partial charge in [0.05, 0.1) is 0 Å². The lowest BCUT2D eigenvalue weighted by Gasteiger charge is -2.24. The standard InChI is InChI=1S/C16H22ClNO2/c1-12-4-3-10-18(11-9-12)16(19)13(2)20-15-7-5-14(17)6-8-15/h5-8,12-13H,3-4,9-11H2,1-2H3. The predicted molar refractivity (Wildman–Crippen MR) is 81.1 cm³/mol. The molecule has 1 amide bonds. The summed E-state index contributed by atoms with van der Waals surface area (Å²) >= 11 is 5.83. The quantitative estimate of drug-likeness (QED) is 0.850. The number of hydrogen-bond acceptors (Lipinski definition) is 2. The predicted octanol–water partition coefficient (Wildman–Crippen LogP) is 3.76. The highest BCUT2D eigenvalue weighted by Crippen LogP contribution is 2.20. The molecule has 0 radical (unpaired) electrons. The third-order valence-corrected chi connectivity index (χ3v) is 4.05. The number of ether oxygens (including phenoxy) is 1. The molecule has 0 saturated carbocycles. The van der Waals surface area contributed by atoms with Crippen molar-refractivity contribution in [3.8, 4) is 5.75 Å². The highest BCUT2D eigenvalue weighted by molar-refractivity contribution is 6.30. The molecular weight excluding hydrogens is 274 g/mol. The zero-order valence-electron chi connectivity index (χ0n) is 12.1. The summed E-state index contributed by atoms with van der Waals surface area (Å²) < 4.78 is 5.70. The van der Waals surface area contributed by atoms with Crippen molar-refractivity contribution in [3.05, 3.63) is 29.3 Å². The fourth-order valence-corrected chi connectivity index (χ4v) is 2.63. The van der Waals surface area contributed by atoms with E-state index in [1.807, 2.05) is 11.8 Å². The Kier molecular flexibility index (Phi) is 5.30. The molecular formula is C16H22ClNO2. The summed E-state index contributed by atoms with van der Waals surface area (Å²) in [6.45, 7) is 5.75. The fourth-order valence-electron chi connectivity index (χ4n) is 2.51. The molecule has 1 heterocycles. The van der Waals surface area contributed by atoms with Gasteiger partial charge in [0, 0.05) is 18.1 Å². The van der Waals surface area contributed by atoms with Crippen LogP contribution in [-0.4, -0.2) is 30.0 Å². The molecule has 4 heteroatoms. The SMILES string of the molecule is CC1CCCN(C(=O)C(C)Oc2ccc(Cl)cc2)CC1. The number of benzene rings is 1. The van der Waals surface area contributed by atoms with Gasteiger partial charge in [-0.1, -0.05) is 18.5 Å². The second-order valence-electron chi connectivity index (χ2n) is 5.58. The molecule has 2 unspecified atom stereocenters. The third-order valence-electron chi connectivity index (χ3n) is 3.80. The highest BCUT2D eigenvalue weighted by atomic mass is 35.5. The summed E-state index contributed by atoms with van der Waals surface area (Å²) in [6, 6.07) is 7.11. The van der Waals surface area contributed by atoms with E-state index < -0.39 is 6.10 Å². The second-order valence-corrected chi connectivity index (χ2v) is 6.01. The first-order valence-corrected chi connectivity index (χ1v) is 7.65. The van der Waals surface area contributed by atoms with Gasteiger partial charge < -0.3 is 9.64 Å². The van der Waals surface area contributed by atoms with E-state index in [0.29, 0.717) is 16.7 Å². The van der Waals surface area contributed by atoms with Crippen LogP contribution in [0.3, 0.4) is 0 Å². The van der Waals surface area contributed by atoms with E-state index in [-0.39, 0.29) is 5.91 Å². The van der Waals surface area contributed by atoms with Crippen LogP contribution in [0.2, 0.25) is 5.02 Å². The first-order chi connectivity index (χ1) is 9.56. The average Bonchev–Trinajstić information content (AvgIpc) is 2.65. The van der Waals surface area contributed by atoms with E-state index in [4.69, 9.17) is 16.3 Å². The van der Waals surface area contributed by atoms with E-state index in [0.717, 1.165) is 25.9 Å². The summed E-state index contributed by atoms with van der Waals surface area (Å²) in [4.78, 5) is 14.3. The van der Waals surface area contributed by atoms with Crippen LogP contribution in [0, 0.1) is 5.92 Å². The van der Waals surface area contributed by atoms with Crippen LogP contribution in [0.4, 0.5) is 0 Å². The molecule has 0 aliphatic carbocycles. The van der Waals surface area contributed by atoms with E-state index in [1.165, 1.54) is 6.42 Å². The van der Waals surface area contributed by atoms with Crippen molar-refractivity contribution >= 4 is 17.5 Å². The maximum atomic E-state index is 12.4. The molecule has 1 saturated heterocycles. The van der Waals surface area contributed by atoms with E-state index in [2.05, 4.69) is 6.92 Å². The summed E-state index contributed by atoms with van der Waals surface area (Å²) in [6.07, 6.45) is 2.92. The topological polar surface area (TPSA) is 29.5 Å². The summed E-state index contributed by atoms with van der Waals surface area (Å²) in [5, 5.41) is 0.665. The number of likely N-dealkylation sites (tertiary alicyclic amines) is 1. The van der Waals surface area contributed by atoms with Crippen LogP contribution < -0.4 is 4.74 Å². The molecule has 3 nitrogen and oxygen atoms in total. The Morgan fingerprint density at radius 3 is 2.70 bits per heavy atom. The third kappa shape index (κ3) is 4.14. The van der Waals surface area contributed by atoms with Gasteiger partial charge in [0.15, 0.2) is 6.10 Å². The lowest BCUT2D eigenvalue weighted by Crippen LogP contribution is -2.41. The van der Waals surface area contributed by atoms with Crippen LogP contribution in [0.25, 0.3) is 0 Å². The molecule has 20 heavy (non-hydrogen) atoms. The largest absolute Gasteiger partial charge is 0.481 e. The Morgan fingerprint density at radius 2 is 2.00 bits per heavy atom. The van der Waals surface area contributed by atoms with Gasteiger partial charge in [-0.15, -0.1) is 0 Å². The maximum Gasteiger partial charge on any atom is 0.263 e. The molecule has 0 aromatic heterocycles. The minimum atomic E-state index is -0.454. The van der Waals surface area contributed by atoms with Gasteiger partial charge >= 0.3 is 0 Å². The Bertz CT molecular complexity index is 446. The molecule has 2 atom stereocenters. The molecule has 1 aromatic rings. The smallest absolute Gasteiger partial charge is 0.263 e. The number of rotatable bonds is 3. The summed E-state index contributed by atoms with van der Waals surface area (Å²) in [5.74, 6) is 1.47. The van der Waals surface area contributed by atoms with Crippen molar-refractivity contribution in [3.63, 3.8) is 0 Å². The normalized spacial score (nSPS) is 21.1. The van der Waals surface area contributed by atoms with Gasteiger partial charge in [0.1, 0.15) is 5.75 Å². The zero-order valence-corrected chi connectivity index (χ0v) is 12.9. The maximum absolute atomic E-state index is 12.4. The van der Waals surface area contributed by atoms with Crippen molar-refractivity contribution in [2.45, 2.75) is 39.2 Å². The number of halogens is 1. The number of amides is 1. The number of hydrogen-bond donors (Lipinski definition) is 0. The van der Waals surface area contributed by atoms with Gasteiger partial charge in [0.25, 0.3) is 5.91 Å². The summed E-state index contributed by atoms with van der Waals surface area (Å²) in [7, 11) is 0. The number of nitrogens with zero attached hydrogens (tertiary/aromatic N) is 1.